The summed E-state index contributed by atoms with van der Waals surface area (Å²) >= 11 is 0. The minimum atomic E-state index is -0.0434. The minimum absolute atomic E-state index is 0.0434. The lowest BCUT2D eigenvalue weighted by molar-refractivity contribution is 0.222. The van der Waals surface area contributed by atoms with Crippen LogP contribution in [0.15, 0.2) is 11.8 Å². The van der Waals surface area contributed by atoms with Gasteiger partial charge < -0.3 is 10.5 Å². The summed E-state index contributed by atoms with van der Waals surface area (Å²) in [6, 6.07) is 0. The first-order chi connectivity index (χ1) is 5.58. The molecule has 0 aliphatic carbocycles. The molecule has 2 nitrogen and oxygen atoms in total. The molecular weight excluding hydrogens is 150 g/mol. The van der Waals surface area contributed by atoms with Crippen molar-refractivity contribution in [2.75, 3.05) is 6.61 Å². The largest absolute Gasteiger partial charge is 0.501 e. The van der Waals surface area contributed by atoms with Gasteiger partial charge in [-0.1, -0.05) is 0 Å². The van der Waals surface area contributed by atoms with Crippen LogP contribution in [0.25, 0.3) is 0 Å². The zero-order valence-electron chi connectivity index (χ0n) is 8.10. The predicted octanol–water partition coefficient (Wildman–Crippen LogP) is 2.20. The Morgan fingerprint density at radius 3 is 2.83 bits per heavy atom. The fraction of sp³-hybridized carbons (Fsp3) is 0.800. The summed E-state index contributed by atoms with van der Waals surface area (Å²) in [5.74, 6) is 0. The van der Waals surface area contributed by atoms with Crippen molar-refractivity contribution in [1.82, 2.24) is 0 Å². The van der Waals surface area contributed by atoms with Crippen LogP contribution in [0.5, 0.6) is 0 Å². The van der Waals surface area contributed by atoms with Gasteiger partial charge in [-0.3, -0.25) is 0 Å². The SMILES string of the molecule is CC(C)(N)CCC1=COCCC1. The molecule has 0 aromatic carbocycles. The van der Waals surface area contributed by atoms with Crippen LogP contribution in [0.2, 0.25) is 0 Å². The van der Waals surface area contributed by atoms with Crippen molar-refractivity contribution >= 4 is 0 Å². The average Bonchev–Trinajstić information content (AvgIpc) is 2.02. The maximum Gasteiger partial charge on any atom is 0.0876 e. The molecule has 1 aliphatic rings. The highest BCUT2D eigenvalue weighted by Gasteiger charge is 2.12. The summed E-state index contributed by atoms with van der Waals surface area (Å²) in [7, 11) is 0. The van der Waals surface area contributed by atoms with E-state index in [1.165, 1.54) is 12.0 Å². The number of allylic oxidation sites excluding steroid dienone is 1. The van der Waals surface area contributed by atoms with Crippen LogP contribution in [-0.4, -0.2) is 12.1 Å². The van der Waals surface area contributed by atoms with E-state index in [9.17, 15) is 0 Å². The molecule has 0 bridgehead atoms. The molecule has 0 aromatic rings. The van der Waals surface area contributed by atoms with Gasteiger partial charge in [0.25, 0.3) is 0 Å². The van der Waals surface area contributed by atoms with Gasteiger partial charge in [-0.2, -0.15) is 0 Å². The van der Waals surface area contributed by atoms with E-state index in [0.717, 1.165) is 25.9 Å². The molecule has 70 valence electrons. The average molecular weight is 169 g/mol. The highest BCUT2D eigenvalue weighted by atomic mass is 16.5. The number of nitrogens with two attached hydrogens (primary N) is 1. The van der Waals surface area contributed by atoms with Crippen LogP contribution < -0.4 is 5.73 Å². The first kappa shape index (κ1) is 9.59. The van der Waals surface area contributed by atoms with E-state index in [1.807, 2.05) is 6.26 Å². The van der Waals surface area contributed by atoms with Gasteiger partial charge in [0.15, 0.2) is 0 Å². The number of rotatable bonds is 3. The fourth-order valence-corrected chi connectivity index (χ4v) is 1.28. The van der Waals surface area contributed by atoms with Crippen LogP contribution in [0.1, 0.15) is 39.5 Å². The lowest BCUT2D eigenvalue weighted by Crippen LogP contribution is -2.31. The maximum atomic E-state index is 5.88. The number of ether oxygens (including phenoxy) is 1. The molecule has 1 rings (SSSR count). The second kappa shape index (κ2) is 3.94. The van der Waals surface area contributed by atoms with E-state index in [0.29, 0.717) is 0 Å². The van der Waals surface area contributed by atoms with Gasteiger partial charge in [-0.25, -0.2) is 0 Å². The Bertz CT molecular complexity index is 167. The number of hydrogen-bond donors (Lipinski definition) is 1. The Morgan fingerprint density at radius 2 is 2.33 bits per heavy atom. The van der Waals surface area contributed by atoms with Crippen molar-refractivity contribution in [3.05, 3.63) is 11.8 Å². The molecule has 0 amide bonds. The Balaban J connectivity index is 2.26. The minimum Gasteiger partial charge on any atom is -0.501 e. The summed E-state index contributed by atoms with van der Waals surface area (Å²) in [6.07, 6.45) is 6.40. The second-order valence-corrected chi connectivity index (χ2v) is 4.24. The Hall–Kier alpha value is -0.500. The van der Waals surface area contributed by atoms with Gasteiger partial charge in [0, 0.05) is 5.54 Å². The molecule has 2 heteroatoms. The normalized spacial score (nSPS) is 18.4. The highest BCUT2D eigenvalue weighted by molar-refractivity contribution is 5.01. The van der Waals surface area contributed by atoms with Crippen LogP contribution in [0.4, 0.5) is 0 Å². The third-order valence-corrected chi connectivity index (χ3v) is 2.10. The molecule has 1 heterocycles. The molecule has 0 fully saturated rings. The summed E-state index contributed by atoms with van der Waals surface area (Å²) in [5, 5.41) is 0. The Kier molecular flexibility index (Phi) is 3.15. The van der Waals surface area contributed by atoms with E-state index in [4.69, 9.17) is 10.5 Å². The third-order valence-electron chi connectivity index (χ3n) is 2.10. The quantitative estimate of drug-likeness (QED) is 0.703. The molecule has 0 unspecified atom stereocenters. The van der Waals surface area contributed by atoms with Gasteiger partial charge in [0.2, 0.25) is 0 Å². The number of hydrogen-bond acceptors (Lipinski definition) is 2. The van der Waals surface area contributed by atoms with Crippen molar-refractivity contribution in [3.8, 4) is 0 Å². The van der Waals surface area contributed by atoms with E-state index in [-0.39, 0.29) is 5.54 Å². The van der Waals surface area contributed by atoms with E-state index < -0.39 is 0 Å². The zero-order valence-corrected chi connectivity index (χ0v) is 8.10. The first-order valence-electron chi connectivity index (χ1n) is 4.66. The summed E-state index contributed by atoms with van der Waals surface area (Å²) < 4.78 is 5.24. The second-order valence-electron chi connectivity index (χ2n) is 4.24. The lowest BCUT2D eigenvalue weighted by atomic mass is 9.95. The van der Waals surface area contributed by atoms with Crippen molar-refractivity contribution in [2.45, 2.75) is 45.1 Å². The van der Waals surface area contributed by atoms with Gasteiger partial charge >= 0.3 is 0 Å². The van der Waals surface area contributed by atoms with Crippen LogP contribution in [0, 0.1) is 0 Å². The van der Waals surface area contributed by atoms with Crippen LogP contribution in [-0.2, 0) is 4.74 Å². The maximum absolute atomic E-state index is 5.88. The van der Waals surface area contributed by atoms with Crippen LogP contribution >= 0.6 is 0 Å². The summed E-state index contributed by atoms with van der Waals surface area (Å²) in [4.78, 5) is 0. The van der Waals surface area contributed by atoms with Crippen LogP contribution in [0.3, 0.4) is 0 Å². The molecule has 0 spiro atoms. The van der Waals surface area contributed by atoms with Gasteiger partial charge in [0.1, 0.15) is 0 Å². The van der Waals surface area contributed by atoms with E-state index in [2.05, 4.69) is 13.8 Å². The van der Waals surface area contributed by atoms with Crippen molar-refractivity contribution < 1.29 is 4.74 Å². The Labute approximate surface area is 74.8 Å². The summed E-state index contributed by atoms with van der Waals surface area (Å²) in [5.41, 5.74) is 7.26. The first-order valence-corrected chi connectivity index (χ1v) is 4.66. The molecule has 1 aliphatic heterocycles. The van der Waals surface area contributed by atoms with Gasteiger partial charge in [-0.15, -0.1) is 0 Å². The molecule has 0 saturated carbocycles. The van der Waals surface area contributed by atoms with Gasteiger partial charge in [-0.05, 0) is 45.1 Å². The van der Waals surface area contributed by atoms with Gasteiger partial charge in [0.05, 0.1) is 12.9 Å². The molecular formula is C10H19NO. The zero-order chi connectivity index (χ0) is 9.03. The van der Waals surface area contributed by atoms with Crippen molar-refractivity contribution in [1.29, 1.82) is 0 Å². The highest BCUT2D eigenvalue weighted by Crippen LogP contribution is 2.20. The monoisotopic (exact) mass is 169 g/mol. The standard InChI is InChI=1S/C10H19NO/c1-10(2,11)6-5-9-4-3-7-12-8-9/h8H,3-7,11H2,1-2H3. The molecule has 2 N–H and O–H groups in total. The van der Waals surface area contributed by atoms with E-state index in [1.54, 1.807) is 0 Å². The molecule has 0 aromatic heterocycles. The van der Waals surface area contributed by atoms with Crippen molar-refractivity contribution in [2.24, 2.45) is 5.73 Å². The third kappa shape index (κ3) is 3.77. The molecule has 0 saturated heterocycles. The molecule has 0 atom stereocenters. The lowest BCUT2D eigenvalue weighted by Gasteiger charge is -2.20. The smallest absolute Gasteiger partial charge is 0.0876 e. The Morgan fingerprint density at radius 1 is 1.58 bits per heavy atom. The topological polar surface area (TPSA) is 35.2 Å². The predicted molar refractivity (Wildman–Crippen MR) is 50.8 cm³/mol. The molecule has 12 heavy (non-hydrogen) atoms. The fourth-order valence-electron chi connectivity index (χ4n) is 1.28. The van der Waals surface area contributed by atoms with Crippen molar-refractivity contribution in [3.63, 3.8) is 0 Å². The van der Waals surface area contributed by atoms with E-state index >= 15 is 0 Å². The molecule has 0 radical (unpaired) electrons. The summed E-state index contributed by atoms with van der Waals surface area (Å²) in [6.45, 7) is 5.02.